The van der Waals surface area contributed by atoms with Gasteiger partial charge in [0.05, 0.1) is 17.3 Å². The molecule has 1 aliphatic carbocycles. The summed E-state index contributed by atoms with van der Waals surface area (Å²) in [6.45, 7) is 1.94. The molecule has 0 saturated heterocycles. The number of nitrogens with zero attached hydrogens (tertiary/aromatic N) is 1. The van der Waals surface area contributed by atoms with E-state index in [0.29, 0.717) is 17.6 Å². The van der Waals surface area contributed by atoms with Gasteiger partial charge in [0.15, 0.2) is 0 Å². The van der Waals surface area contributed by atoms with Gasteiger partial charge in [-0.1, -0.05) is 12.8 Å². The Morgan fingerprint density at radius 3 is 3.06 bits per heavy atom. The van der Waals surface area contributed by atoms with E-state index >= 15 is 0 Å². The van der Waals surface area contributed by atoms with Crippen LogP contribution >= 0.6 is 0 Å². The maximum absolute atomic E-state index is 11.9. The van der Waals surface area contributed by atoms with Gasteiger partial charge in [0, 0.05) is 18.0 Å². The number of aromatic amines is 1. The molecule has 2 aliphatic rings. The molecule has 0 amide bonds. The predicted octanol–water partition coefficient (Wildman–Crippen LogP) is 1.92. The summed E-state index contributed by atoms with van der Waals surface area (Å²) in [5.41, 5.74) is 2.46. The average Bonchev–Trinajstić information content (AvgIpc) is 2.45. The highest BCUT2D eigenvalue weighted by atomic mass is 16.1. The first-order valence-electron chi connectivity index (χ1n) is 6.29. The van der Waals surface area contributed by atoms with Crippen molar-refractivity contribution >= 4 is 11.4 Å². The normalized spacial score (nSPS) is 27.2. The zero-order chi connectivity index (χ0) is 11.8. The van der Waals surface area contributed by atoms with E-state index in [-0.39, 0.29) is 5.56 Å². The molecule has 17 heavy (non-hydrogen) atoms. The average molecular weight is 231 g/mol. The zero-order valence-corrected chi connectivity index (χ0v) is 9.99. The molecule has 2 atom stereocenters. The fourth-order valence-electron chi connectivity index (χ4n) is 2.91. The lowest BCUT2D eigenvalue weighted by Gasteiger charge is -2.28. The van der Waals surface area contributed by atoms with E-state index in [1.807, 2.05) is 13.0 Å². The topological polar surface area (TPSA) is 57.2 Å². The minimum atomic E-state index is -0.0464. The highest BCUT2D eigenvalue weighted by Gasteiger charge is 2.28. The van der Waals surface area contributed by atoms with Crippen molar-refractivity contribution < 1.29 is 0 Å². The molecular formula is C13H17N3O. The lowest BCUT2D eigenvalue weighted by Crippen LogP contribution is -2.34. The molecule has 1 aromatic rings. The summed E-state index contributed by atoms with van der Waals surface area (Å²) in [6, 6.07) is 2.66. The third-order valence-corrected chi connectivity index (χ3v) is 3.75. The van der Waals surface area contributed by atoms with Gasteiger partial charge in [0.25, 0.3) is 5.56 Å². The molecule has 90 valence electrons. The molecule has 1 fully saturated rings. The van der Waals surface area contributed by atoms with E-state index in [2.05, 4.69) is 10.3 Å². The zero-order valence-electron chi connectivity index (χ0n) is 9.99. The van der Waals surface area contributed by atoms with Gasteiger partial charge >= 0.3 is 0 Å². The largest absolute Gasteiger partial charge is 0.379 e. The number of fused-ring (bicyclic) bond motifs is 2. The molecule has 1 saturated carbocycles. The molecule has 2 N–H and O–H groups in total. The van der Waals surface area contributed by atoms with Gasteiger partial charge in [-0.2, -0.15) is 0 Å². The lowest BCUT2D eigenvalue weighted by molar-refractivity contribution is 0.407. The molecule has 1 aliphatic heterocycles. The van der Waals surface area contributed by atoms with Crippen molar-refractivity contribution in [2.45, 2.75) is 44.7 Å². The van der Waals surface area contributed by atoms with Crippen molar-refractivity contribution in [1.82, 2.24) is 4.98 Å². The Labute approximate surface area is 100 Å². The van der Waals surface area contributed by atoms with Gasteiger partial charge in [-0.25, -0.2) is 0 Å². The molecule has 3 rings (SSSR count). The molecule has 4 nitrogen and oxygen atoms in total. The molecule has 0 bridgehead atoms. The number of anilines is 1. The van der Waals surface area contributed by atoms with Crippen molar-refractivity contribution in [3.8, 4) is 0 Å². The summed E-state index contributed by atoms with van der Waals surface area (Å²) in [7, 11) is 0. The van der Waals surface area contributed by atoms with Crippen molar-refractivity contribution in [1.29, 1.82) is 0 Å². The smallest absolute Gasteiger partial charge is 0.259 e. The molecule has 0 radical (unpaired) electrons. The second-order valence-electron chi connectivity index (χ2n) is 4.91. The lowest BCUT2D eigenvalue weighted by atomic mass is 9.91. The van der Waals surface area contributed by atoms with E-state index in [4.69, 9.17) is 4.99 Å². The Balaban J connectivity index is 2.11. The van der Waals surface area contributed by atoms with Crippen LogP contribution in [0, 0.1) is 0 Å². The van der Waals surface area contributed by atoms with Gasteiger partial charge in [0.2, 0.25) is 0 Å². The third-order valence-electron chi connectivity index (χ3n) is 3.75. The number of aromatic nitrogens is 1. The summed E-state index contributed by atoms with van der Waals surface area (Å²) in [5.74, 6) is 0. The van der Waals surface area contributed by atoms with Crippen molar-refractivity contribution in [3.05, 3.63) is 28.2 Å². The van der Waals surface area contributed by atoms with E-state index < -0.39 is 0 Å². The van der Waals surface area contributed by atoms with Gasteiger partial charge < -0.3 is 10.3 Å². The number of pyridine rings is 1. The monoisotopic (exact) mass is 231 g/mol. The Kier molecular flexibility index (Phi) is 2.50. The third kappa shape index (κ3) is 1.77. The van der Waals surface area contributed by atoms with Crippen LogP contribution in [0.4, 0.5) is 5.69 Å². The number of aliphatic imine (C=N–C) groups is 1. The fourth-order valence-corrected chi connectivity index (χ4v) is 2.91. The van der Waals surface area contributed by atoms with Crippen molar-refractivity contribution in [3.63, 3.8) is 0 Å². The molecule has 0 aromatic carbocycles. The number of nitrogens with one attached hydrogen (secondary N) is 2. The van der Waals surface area contributed by atoms with Gasteiger partial charge in [0.1, 0.15) is 0 Å². The minimum absolute atomic E-state index is 0.0464. The maximum atomic E-state index is 11.9. The van der Waals surface area contributed by atoms with Crippen LogP contribution in [0.5, 0.6) is 0 Å². The van der Waals surface area contributed by atoms with E-state index in [1.165, 1.54) is 12.8 Å². The van der Waals surface area contributed by atoms with Crippen molar-refractivity contribution in [2.75, 3.05) is 5.32 Å². The van der Waals surface area contributed by atoms with E-state index in [1.54, 1.807) is 6.20 Å². The van der Waals surface area contributed by atoms with Crippen LogP contribution in [-0.2, 0) is 0 Å². The first-order valence-corrected chi connectivity index (χ1v) is 6.29. The van der Waals surface area contributed by atoms with Crippen LogP contribution in [0.25, 0.3) is 0 Å². The SMILES string of the molecule is CC1=N[C@@H]2CCCC[C@H]2Nc2cc[nH]c(=O)c21. The number of hydrogen-bond acceptors (Lipinski definition) is 3. The highest BCUT2D eigenvalue weighted by Crippen LogP contribution is 2.28. The summed E-state index contributed by atoms with van der Waals surface area (Å²) in [6.07, 6.45) is 6.47. The predicted molar refractivity (Wildman–Crippen MR) is 68.9 cm³/mol. The van der Waals surface area contributed by atoms with Crippen molar-refractivity contribution in [2.24, 2.45) is 4.99 Å². The van der Waals surface area contributed by atoms with E-state index in [0.717, 1.165) is 24.2 Å². The minimum Gasteiger partial charge on any atom is -0.379 e. The molecule has 1 aromatic heterocycles. The molecule has 4 heteroatoms. The number of rotatable bonds is 0. The van der Waals surface area contributed by atoms with Gasteiger partial charge in [-0.05, 0) is 25.8 Å². The maximum Gasteiger partial charge on any atom is 0.259 e. The van der Waals surface area contributed by atoms with Crippen LogP contribution in [0.3, 0.4) is 0 Å². The van der Waals surface area contributed by atoms with Crippen LogP contribution in [0.2, 0.25) is 0 Å². The Morgan fingerprint density at radius 2 is 2.18 bits per heavy atom. The Morgan fingerprint density at radius 1 is 1.35 bits per heavy atom. The van der Waals surface area contributed by atoms with Crippen LogP contribution in [0.15, 0.2) is 22.1 Å². The second kappa shape index (κ2) is 4.02. The van der Waals surface area contributed by atoms with Crippen LogP contribution in [-0.4, -0.2) is 22.8 Å². The van der Waals surface area contributed by atoms with Gasteiger partial charge in [-0.3, -0.25) is 9.79 Å². The summed E-state index contributed by atoms with van der Waals surface area (Å²) < 4.78 is 0. The molecule has 0 unspecified atom stereocenters. The summed E-state index contributed by atoms with van der Waals surface area (Å²) in [5, 5.41) is 3.50. The molecule has 0 spiro atoms. The first kappa shape index (κ1) is 10.6. The van der Waals surface area contributed by atoms with Crippen LogP contribution < -0.4 is 10.9 Å². The second-order valence-corrected chi connectivity index (χ2v) is 4.91. The van der Waals surface area contributed by atoms with E-state index in [9.17, 15) is 4.79 Å². The standard InChI is InChI=1S/C13H17N3O/c1-8-12-11(6-7-14-13(12)17)16-10-5-3-2-4-9(10)15-8/h6-7,9-10,16H,2-5H2,1H3,(H,14,17)/t9-,10-/m1/s1. The molecule has 2 heterocycles. The summed E-state index contributed by atoms with van der Waals surface area (Å²) in [4.78, 5) is 19.3. The summed E-state index contributed by atoms with van der Waals surface area (Å²) >= 11 is 0. The quantitative estimate of drug-likeness (QED) is 0.716. The van der Waals surface area contributed by atoms with Gasteiger partial charge in [-0.15, -0.1) is 0 Å². The first-order chi connectivity index (χ1) is 8.25. The number of H-pyrrole nitrogens is 1. The Bertz CT molecular complexity index is 518. The fraction of sp³-hybridized carbons (Fsp3) is 0.538. The van der Waals surface area contributed by atoms with Crippen LogP contribution in [0.1, 0.15) is 38.2 Å². The molecular weight excluding hydrogens is 214 g/mol. The number of hydrogen-bond donors (Lipinski definition) is 2. The highest BCUT2D eigenvalue weighted by molar-refractivity contribution is 6.03. The Hall–Kier alpha value is -1.58.